The number of benzene rings is 1. The fraction of sp³-hybridized carbons (Fsp3) is 0.400. The molecule has 0 bridgehead atoms. The number of likely N-dealkylation sites (N-methyl/N-ethyl adjacent to an activating group) is 1. The normalized spacial score (nSPS) is 10.2. The van der Waals surface area contributed by atoms with Crippen molar-refractivity contribution in [3.05, 3.63) is 21.8 Å². The number of aliphatic hydroxyl groups excluding tert-OH is 1. The lowest BCUT2D eigenvalue weighted by molar-refractivity contribution is 0.302. The van der Waals surface area contributed by atoms with Crippen LogP contribution in [0.5, 0.6) is 0 Å². The van der Waals surface area contributed by atoms with Gasteiger partial charge < -0.3 is 15.7 Å². The van der Waals surface area contributed by atoms with Crippen LogP contribution in [0.25, 0.3) is 0 Å². The number of anilines is 2. The number of rotatable bonds is 4. The second-order valence-corrected chi connectivity index (χ2v) is 4.18. The van der Waals surface area contributed by atoms with Crippen LogP contribution < -0.4 is 10.6 Å². The van der Waals surface area contributed by atoms with Crippen molar-refractivity contribution in [1.82, 2.24) is 0 Å². The molecule has 14 heavy (non-hydrogen) atoms. The molecule has 0 saturated carbocycles. The Bertz CT molecular complexity index is 304. The number of aliphatic hydroxyl groups is 1. The minimum absolute atomic E-state index is 0.175. The first kappa shape index (κ1) is 11.6. The van der Waals surface area contributed by atoms with E-state index in [1.807, 2.05) is 18.2 Å². The van der Waals surface area contributed by atoms with Crippen LogP contribution in [-0.4, -0.2) is 24.8 Å². The number of hydrogen-bond acceptors (Lipinski definition) is 3. The molecule has 0 heterocycles. The van der Waals surface area contributed by atoms with Crippen LogP contribution >= 0.6 is 22.6 Å². The van der Waals surface area contributed by atoms with Crippen LogP contribution in [-0.2, 0) is 0 Å². The van der Waals surface area contributed by atoms with Gasteiger partial charge in [-0.1, -0.05) is 0 Å². The van der Waals surface area contributed by atoms with Gasteiger partial charge in [-0.2, -0.15) is 0 Å². The molecule has 3 N–H and O–H groups in total. The Morgan fingerprint density at radius 1 is 1.50 bits per heavy atom. The minimum Gasteiger partial charge on any atom is -0.399 e. The molecule has 0 aromatic heterocycles. The Balaban J connectivity index is 2.92. The quantitative estimate of drug-likeness (QED) is 0.657. The summed E-state index contributed by atoms with van der Waals surface area (Å²) in [7, 11) is 0. The molecule has 0 aliphatic carbocycles. The first-order valence-electron chi connectivity index (χ1n) is 4.60. The van der Waals surface area contributed by atoms with Gasteiger partial charge in [0.25, 0.3) is 0 Å². The second-order valence-electron chi connectivity index (χ2n) is 3.01. The zero-order valence-electron chi connectivity index (χ0n) is 8.20. The van der Waals surface area contributed by atoms with Crippen LogP contribution in [0.1, 0.15) is 6.92 Å². The molecule has 0 fully saturated rings. The Kier molecular flexibility index (Phi) is 4.47. The Morgan fingerprint density at radius 3 is 2.71 bits per heavy atom. The molecule has 0 aliphatic rings. The number of nitrogen functional groups attached to an aromatic ring is 1. The molecule has 1 aromatic rings. The molecule has 0 atom stereocenters. The highest BCUT2D eigenvalue weighted by molar-refractivity contribution is 14.1. The predicted molar refractivity (Wildman–Crippen MR) is 68.5 cm³/mol. The zero-order valence-corrected chi connectivity index (χ0v) is 10.4. The van der Waals surface area contributed by atoms with Crippen molar-refractivity contribution < 1.29 is 5.11 Å². The standard InChI is InChI=1S/C10H15IN2O/c1-2-13(5-6-14)10-4-3-8(12)7-9(10)11/h3-4,7,14H,2,5-6,12H2,1H3. The lowest BCUT2D eigenvalue weighted by Crippen LogP contribution is -2.26. The SMILES string of the molecule is CCN(CCO)c1ccc(N)cc1I. The van der Waals surface area contributed by atoms with Gasteiger partial charge in [0.15, 0.2) is 0 Å². The van der Waals surface area contributed by atoms with E-state index in [-0.39, 0.29) is 6.61 Å². The van der Waals surface area contributed by atoms with Gasteiger partial charge in [-0.3, -0.25) is 0 Å². The van der Waals surface area contributed by atoms with Crippen LogP contribution in [0.15, 0.2) is 18.2 Å². The first-order chi connectivity index (χ1) is 6.69. The molecule has 1 rings (SSSR count). The summed E-state index contributed by atoms with van der Waals surface area (Å²) in [6.07, 6.45) is 0. The van der Waals surface area contributed by atoms with E-state index in [4.69, 9.17) is 10.8 Å². The smallest absolute Gasteiger partial charge is 0.0606 e. The highest BCUT2D eigenvalue weighted by atomic mass is 127. The summed E-state index contributed by atoms with van der Waals surface area (Å²) in [4.78, 5) is 2.13. The Labute approximate surface area is 98.0 Å². The van der Waals surface area contributed by atoms with E-state index >= 15 is 0 Å². The average Bonchev–Trinajstić information content (AvgIpc) is 2.15. The molecule has 0 radical (unpaired) electrons. The van der Waals surface area contributed by atoms with E-state index in [1.54, 1.807) is 0 Å². The molecule has 0 spiro atoms. The van der Waals surface area contributed by atoms with E-state index in [2.05, 4.69) is 34.4 Å². The minimum atomic E-state index is 0.175. The van der Waals surface area contributed by atoms with Gasteiger partial charge in [0.2, 0.25) is 0 Å². The van der Waals surface area contributed by atoms with Crippen LogP contribution in [0.3, 0.4) is 0 Å². The van der Waals surface area contributed by atoms with Crippen molar-refractivity contribution in [1.29, 1.82) is 0 Å². The van der Waals surface area contributed by atoms with E-state index in [1.165, 1.54) is 0 Å². The molecule has 4 heteroatoms. The van der Waals surface area contributed by atoms with Gasteiger partial charge in [0, 0.05) is 22.3 Å². The van der Waals surface area contributed by atoms with Gasteiger partial charge in [0.05, 0.1) is 12.3 Å². The maximum Gasteiger partial charge on any atom is 0.0606 e. The zero-order chi connectivity index (χ0) is 10.6. The topological polar surface area (TPSA) is 49.5 Å². The van der Waals surface area contributed by atoms with Gasteiger partial charge in [0.1, 0.15) is 0 Å². The fourth-order valence-corrected chi connectivity index (χ4v) is 2.23. The highest BCUT2D eigenvalue weighted by Crippen LogP contribution is 2.24. The van der Waals surface area contributed by atoms with E-state index in [0.29, 0.717) is 6.54 Å². The van der Waals surface area contributed by atoms with Crippen LogP contribution in [0.2, 0.25) is 0 Å². The third-order valence-electron chi connectivity index (χ3n) is 2.06. The van der Waals surface area contributed by atoms with Crippen molar-refractivity contribution in [3.8, 4) is 0 Å². The third kappa shape index (κ3) is 2.75. The predicted octanol–water partition coefficient (Wildman–Crippen LogP) is 1.69. The molecular formula is C10H15IN2O. The summed E-state index contributed by atoms with van der Waals surface area (Å²) in [5.74, 6) is 0. The number of halogens is 1. The summed E-state index contributed by atoms with van der Waals surface area (Å²) < 4.78 is 1.12. The van der Waals surface area contributed by atoms with Crippen molar-refractivity contribution >= 4 is 34.0 Å². The number of hydrogen-bond donors (Lipinski definition) is 2. The van der Waals surface area contributed by atoms with Crippen molar-refractivity contribution in [2.45, 2.75) is 6.92 Å². The molecule has 1 aromatic carbocycles. The molecule has 0 aliphatic heterocycles. The monoisotopic (exact) mass is 306 g/mol. The summed E-state index contributed by atoms with van der Waals surface area (Å²) in [6, 6.07) is 5.82. The summed E-state index contributed by atoms with van der Waals surface area (Å²) in [5, 5.41) is 8.91. The van der Waals surface area contributed by atoms with E-state index in [0.717, 1.165) is 21.5 Å². The van der Waals surface area contributed by atoms with Crippen molar-refractivity contribution in [3.63, 3.8) is 0 Å². The third-order valence-corrected chi connectivity index (χ3v) is 2.93. The summed E-state index contributed by atoms with van der Waals surface area (Å²) >= 11 is 2.26. The van der Waals surface area contributed by atoms with Gasteiger partial charge in [-0.05, 0) is 47.7 Å². The van der Waals surface area contributed by atoms with Gasteiger partial charge >= 0.3 is 0 Å². The maximum atomic E-state index is 8.91. The van der Waals surface area contributed by atoms with Crippen molar-refractivity contribution in [2.24, 2.45) is 0 Å². The maximum absolute atomic E-state index is 8.91. The Morgan fingerprint density at radius 2 is 2.21 bits per heavy atom. The van der Waals surface area contributed by atoms with Crippen LogP contribution in [0, 0.1) is 3.57 Å². The molecule has 3 nitrogen and oxygen atoms in total. The number of nitrogens with two attached hydrogens (primary N) is 1. The lowest BCUT2D eigenvalue weighted by atomic mass is 10.2. The molecule has 0 unspecified atom stereocenters. The first-order valence-corrected chi connectivity index (χ1v) is 5.67. The molecule has 0 amide bonds. The van der Waals surface area contributed by atoms with Gasteiger partial charge in [-0.25, -0.2) is 0 Å². The van der Waals surface area contributed by atoms with E-state index < -0.39 is 0 Å². The average molecular weight is 306 g/mol. The molecule has 78 valence electrons. The second kappa shape index (κ2) is 5.41. The largest absolute Gasteiger partial charge is 0.399 e. The molecular weight excluding hydrogens is 291 g/mol. The Hall–Kier alpha value is -0.490. The number of nitrogens with zero attached hydrogens (tertiary/aromatic N) is 1. The summed E-state index contributed by atoms with van der Waals surface area (Å²) in [6.45, 7) is 3.80. The highest BCUT2D eigenvalue weighted by Gasteiger charge is 2.07. The molecule has 0 saturated heterocycles. The van der Waals surface area contributed by atoms with Crippen LogP contribution in [0.4, 0.5) is 11.4 Å². The fourth-order valence-electron chi connectivity index (χ4n) is 1.35. The van der Waals surface area contributed by atoms with Crippen molar-refractivity contribution in [2.75, 3.05) is 30.3 Å². The lowest BCUT2D eigenvalue weighted by Gasteiger charge is -2.23. The van der Waals surface area contributed by atoms with Gasteiger partial charge in [-0.15, -0.1) is 0 Å². The summed E-state index contributed by atoms with van der Waals surface area (Å²) in [5.41, 5.74) is 7.58. The van der Waals surface area contributed by atoms with E-state index in [9.17, 15) is 0 Å².